The van der Waals surface area contributed by atoms with Crippen LogP contribution in [0.3, 0.4) is 0 Å². The van der Waals surface area contributed by atoms with Gasteiger partial charge in [-0.15, -0.1) is 0 Å². The Hall–Kier alpha value is -2.53. The summed E-state index contributed by atoms with van der Waals surface area (Å²) in [6.45, 7) is 1.30. The van der Waals surface area contributed by atoms with Gasteiger partial charge in [0.05, 0.1) is 27.7 Å². The number of nitrogens with one attached hydrogen (secondary N) is 2. The highest BCUT2D eigenvalue weighted by molar-refractivity contribution is 6.33. The summed E-state index contributed by atoms with van der Waals surface area (Å²) >= 11 is 6.06. The molecule has 0 bridgehead atoms. The molecule has 5 nitrogen and oxygen atoms in total. The number of amides is 2. The second-order valence-electron chi connectivity index (χ2n) is 5.65. The van der Waals surface area contributed by atoms with E-state index in [1.54, 1.807) is 17.0 Å². The largest absolute Gasteiger partial charge is 0.342 e. The molecule has 0 atom stereocenters. The number of halogens is 1. The Morgan fingerprint density at radius 2 is 1.91 bits per heavy atom. The third kappa shape index (κ3) is 2.64. The number of likely N-dealkylation sites (tertiary alicyclic amines) is 1. The molecule has 0 aliphatic carbocycles. The lowest BCUT2D eigenvalue weighted by molar-refractivity contribution is 0.161. The summed E-state index contributed by atoms with van der Waals surface area (Å²) in [7, 11) is 0. The van der Waals surface area contributed by atoms with Crippen LogP contribution in [0.15, 0.2) is 48.5 Å². The third-order valence-electron chi connectivity index (χ3n) is 4.08. The van der Waals surface area contributed by atoms with Gasteiger partial charge in [0.2, 0.25) is 0 Å². The first-order chi connectivity index (χ1) is 11.2. The zero-order chi connectivity index (χ0) is 15.8. The maximum absolute atomic E-state index is 12.2. The molecule has 3 aromatic rings. The first kappa shape index (κ1) is 14.1. The quantitative estimate of drug-likeness (QED) is 0.751. The van der Waals surface area contributed by atoms with Crippen molar-refractivity contribution in [1.82, 2.24) is 14.9 Å². The third-order valence-corrected chi connectivity index (χ3v) is 4.41. The lowest BCUT2D eigenvalue weighted by Crippen LogP contribution is -2.50. The van der Waals surface area contributed by atoms with E-state index < -0.39 is 0 Å². The van der Waals surface area contributed by atoms with E-state index in [9.17, 15) is 4.79 Å². The Morgan fingerprint density at radius 1 is 1.17 bits per heavy atom. The van der Waals surface area contributed by atoms with Gasteiger partial charge < -0.3 is 15.2 Å². The number of benzene rings is 2. The molecule has 1 aliphatic rings. The molecule has 116 valence electrons. The number of hydrogen-bond acceptors (Lipinski definition) is 2. The van der Waals surface area contributed by atoms with Crippen molar-refractivity contribution in [2.45, 2.75) is 5.92 Å². The molecule has 0 spiro atoms. The van der Waals surface area contributed by atoms with E-state index in [2.05, 4.69) is 15.3 Å². The van der Waals surface area contributed by atoms with E-state index in [1.807, 2.05) is 36.4 Å². The molecule has 1 aliphatic heterocycles. The molecule has 0 unspecified atom stereocenters. The Balaban J connectivity index is 1.41. The molecular weight excluding hydrogens is 312 g/mol. The van der Waals surface area contributed by atoms with E-state index in [4.69, 9.17) is 11.6 Å². The number of hydrogen-bond donors (Lipinski definition) is 2. The average molecular weight is 327 g/mol. The molecule has 23 heavy (non-hydrogen) atoms. The lowest BCUT2D eigenvalue weighted by Gasteiger charge is -2.38. The number of H-pyrrole nitrogens is 1. The smallest absolute Gasteiger partial charge is 0.321 e. The van der Waals surface area contributed by atoms with Crippen LogP contribution in [0.5, 0.6) is 0 Å². The number of carbonyl (C=O) groups is 1. The zero-order valence-electron chi connectivity index (χ0n) is 12.3. The molecule has 1 saturated heterocycles. The van der Waals surface area contributed by atoms with Gasteiger partial charge in [0.25, 0.3) is 0 Å². The van der Waals surface area contributed by atoms with Gasteiger partial charge >= 0.3 is 6.03 Å². The fourth-order valence-corrected chi connectivity index (χ4v) is 2.92. The first-order valence-corrected chi connectivity index (χ1v) is 7.83. The minimum Gasteiger partial charge on any atom is -0.342 e. The van der Waals surface area contributed by atoms with Gasteiger partial charge in [0, 0.05) is 13.1 Å². The van der Waals surface area contributed by atoms with Crippen LogP contribution in [0.1, 0.15) is 11.7 Å². The van der Waals surface area contributed by atoms with Crippen molar-refractivity contribution in [2.24, 2.45) is 0 Å². The standard InChI is InChI=1S/C17H15ClN4O/c18-12-5-1-2-6-13(12)21-17(23)22-9-11(10-22)16-19-14-7-3-4-8-15(14)20-16/h1-8,11H,9-10H2,(H,19,20)(H,21,23). The van der Waals surface area contributed by atoms with Crippen LogP contribution in [-0.4, -0.2) is 34.0 Å². The number of para-hydroxylation sites is 3. The van der Waals surface area contributed by atoms with Crippen LogP contribution in [-0.2, 0) is 0 Å². The van der Waals surface area contributed by atoms with Crippen LogP contribution >= 0.6 is 11.6 Å². The van der Waals surface area contributed by atoms with Gasteiger partial charge in [-0.2, -0.15) is 0 Å². The van der Waals surface area contributed by atoms with Gasteiger partial charge in [-0.05, 0) is 24.3 Å². The van der Waals surface area contributed by atoms with Gasteiger partial charge in [-0.3, -0.25) is 0 Å². The molecule has 0 radical (unpaired) electrons. The van der Waals surface area contributed by atoms with E-state index in [1.165, 1.54) is 0 Å². The fourth-order valence-electron chi connectivity index (χ4n) is 2.74. The van der Waals surface area contributed by atoms with E-state index in [0.29, 0.717) is 23.8 Å². The van der Waals surface area contributed by atoms with Gasteiger partial charge in [0.1, 0.15) is 5.82 Å². The van der Waals surface area contributed by atoms with Gasteiger partial charge in [0.15, 0.2) is 0 Å². The molecule has 0 saturated carbocycles. The maximum atomic E-state index is 12.2. The number of anilines is 1. The molecule has 6 heteroatoms. The molecule has 1 fully saturated rings. The average Bonchev–Trinajstić information content (AvgIpc) is 2.91. The number of nitrogens with zero attached hydrogens (tertiary/aromatic N) is 2. The highest BCUT2D eigenvalue weighted by atomic mass is 35.5. The number of aromatic nitrogens is 2. The van der Waals surface area contributed by atoms with Crippen molar-refractivity contribution >= 4 is 34.4 Å². The van der Waals surface area contributed by atoms with Crippen LogP contribution in [0, 0.1) is 0 Å². The molecular formula is C17H15ClN4O. The predicted octanol–water partition coefficient (Wildman–Crippen LogP) is 3.85. The predicted molar refractivity (Wildman–Crippen MR) is 90.9 cm³/mol. The Labute approximate surface area is 138 Å². The summed E-state index contributed by atoms with van der Waals surface area (Å²) in [6.07, 6.45) is 0. The number of fused-ring (bicyclic) bond motifs is 1. The Morgan fingerprint density at radius 3 is 2.70 bits per heavy atom. The minimum absolute atomic E-state index is 0.134. The number of imidazole rings is 1. The number of rotatable bonds is 2. The molecule has 4 rings (SSSR count). The molecule has 2 aromatic carbocycles. The number of urea groups is 1. The van der Waals surface area contributed by atoms with Crippen molar-refractivity contribution in [2.75, 3.05) is 18.4 Å². The van der Waals surface area contributed by atoms with E-state index >= 15 is 0 Å². The summed E-state index contributed by atoms with van der Waals surface area (Å²) in [5.74, 6) is 1.19. The van der Waals surface area contributed by atoms with Crippen LogP contribution in [0.2, 0.25) is 5.02 Å². The summed E-state index contributed by atoms with van der Waals surface area (Å²) in [5.41, 5.74) is 2.62. The molecule has 2 N–H and O–H groups in total. The normalized spacial score (nSPS) is 14.7. The monoisotopic (exact) mass is 326 g/mol. The summed E-state index contributed by atoms with van der Waals surface area (Å²) < 4.78 is 0. The van der Waals surface area contributed by atoms with Gasteiger partial charge in [-0.1, -0.05) is 35.9 Å². The van der Waals surface area contributed by atoms with Crippen LogP contribution in [0.25, 0.3) is 11.0 Å². The van der Waals surface area contributed by atoms with E-state index in [0.717, 1.165) is 16.9 Å². The lowest BCUT2D eigenvalue weighted by atomic mass is 10.0. The molecule has 2 heterocycles. The topological polar surface area (TPSA) is 61.0 Å². The van der Waals surface area contributed by atoms with Crippen LogP contribution < -0.4 is 5.32 Å². The second kappa shape index (κ2) is 5.59. The van der Waals surface area contributed by atoms with Crippen molar-refractivity contribution in [1.29, 1.82) is 0 Å². The Kier molecular flexibility index (Phi) is 3.42. The van der Waals surface area contributed by atoms with Crippen molar-refractivity contribution < 1.29 is 4.79 Å². The number of carbonyl (C=O) groups excluding carboxylic acids is 1. The molecule has 1 aromatic heterocycles. The SMILES string of the molecule is O=C(Nc1ccccc1Cl)N1CC(c2nc3ccccc3[nH]2)C1. The van der Waals surface area contributed by atoms with Crippen molar-refractivity contribution in [3.63, 3.8) is 0 Å². The van der Waals surface area contributed by atoms with Crippen molar-refractivity contribution in [3.05, 3.63) is 59.4 Å². The van der Waals surface area contributed by atoms with Crippen molar-refractivity contribution in [3.8, 4) is 0 Å². The fraction of sp³-hybridized carbons (Fsp3) is 0.176. The highest BCUT2D eigenvalue weighted by Crippen LogP contribution is 2.28. The zero-order valence-corrected chi connectivity index (χ0v) is 13.0. The summed E-state index contributed by atoms with van der Waals surface area (Å²) in [4.78, 5) is 21.9. The number of aromatic amines is 1. The maximum Gasteiger partial charge on any atom is 0.321 e. The Bertz CT molecular complexity index is 837. The van der Waals surface area contributed by atoms with Crippen LogP contribution in [0.4, 0.5) is 10.5 Å². The second-order valence-corrected chi connectivity index (χ2v) is 6.06. The molecule has 2 amide bonds. The summed E-state index contributed by atoms with van der Waals surface area (Å²) in [6, 6.07) is 15.0. The summed E-state index contributed by atoms with van der Waals surface area (Å²) in [5, 5.41) is 3.37. The highest BCUT2D eigenvalue weighted by Gasteiger charge is 2.33. The van der Waals surface area contributed by atoms with E-state index in [-0.39, 0.29) is 11.9 Å². The minimum atomic E-state index is -0.134. The first-order valence-electron chi connectivity index (χ1n) is 7.46. The van der Waals surface area contributed by atoms with Gasteiger partial charge in [-0.25, -0.2) is 9.78 Å².